The molecule has 2 fully saturated rings. The predicted octanol–water partition coefficient (Wildman–Crippen LogP) is 3.73. The lowest BCUT2D eigenvalue weighted by molar-refractivity contribution is 0.729. The fourth-order valence-corrected chi connectivity index (χ4v) is 2.71. The highest BCUT2D eigenvalue weighted by Crippen LogP contribution is 2.28. The van der Waals surface area contributed by atoms with Crippen LogP contribution in [0.4, 0.5) is 0 Å². The zero-order chi connectivity index (χ0) is 17.2. The quantitative estimate of drug-likeness (QED) is 0.771. The maximum absolute atomic E-state index is 12.4. The fraction of sp³-hybridized carbons (Fsp3) is 0.348. The molecule has 0 N–H and O–H groups in total. The monoisotopic (exact) mass is 327 g/mol. The molecule has 0 spiro atoms. The molecule has 124 valence electrons. The molecule has 0 saturated heterocycles. The number of pyridine rings is 1. The van der Waals surface area contributed by atoms with E-state index in [0.29, 0.717) is 18.4 Å². The van der Waals surface area contributed by atoms with Gasteiger partial charge in [-0.2, -0.15) is 0 Å². The van der Waals surface area contributed by atoms with Crippen molar-refractivity contribution in [2.24, 2.45) is 11.8 Å². The van der Waals surface area contributed by atoms with E-state index in [-0.39, 0.29) is 5.56 Å². The third kappa shape index (κ3) is 4.23. The van der Waals surface area contributed by atoms with Crippen LogP contribution in [-0.4, -0.2) is 4.57 Å². The Morgan fingerprint density at radius 3 is 2.08 bits per heavy atom. The van der Waals surface area contributed by atoms with Crippen LogP contribution in [0.25, 0.3) is 0 Å². The largest absolute Gasteiger partial charge is 0.308 e. The SMILES string of the molecule is Cc1cc(C#CC2CC2)cc(=O)n1Cc1ccc(C#CC2CC2)cc1. The minimum atomic E-state index is 0.0118. The van der Waals surface area contributed by atoms with E-state index in [1.54, 1.807) is 10.6 Å². The first-order valence-electron chi connectivity index (χ1n) is 9.01. The molecule has 0 radical (unpaired) electrons. The Balaban J connectivity index is 1.51. The summed E-state index contributed by atoms with van der Waals surface area (Å²) in [5.41, 5.74) is 3.95. The van der Waals surface area contributed by atoms with Gasteiger partial charge >= 0.3 is 0 Å². The van der Waals surface area contributed by atoms with E-state index in [1.165, 1.54) is 25.7 Å². The first kappa shape index (κ1) is 15.8. The van der Waals surface area contributed by atoms with Crippen molar-refractivity contribution in [3.05, 3.63) is 69.1 Å². The Morgan fingerprint density at radius 1 is 0.920 bits per heavy atom. The molecule has 4 rings (SSSR count). The Morgan fingerprint density at radius 2 is 1.52 bits per heavy atom. The van der Waals surface area contributed by atoms with Crippen LogP contribution < -0.4 is 5.56 Å². The van der Waals surface area contributed by atoms with Gasteiger partial charge in [-0.3, -0.25) is 4.79 Å². The number of aromatic nitrogens is 1. The third-order valence-corrected chi connectivity index (χ3v) is 4.63. The summed E-state index contributed by atoms with van der Waals surface area (Å²) in [6.45, 7) is 2.55. The second kappa shape index (κ2) is 6.66. The Labute approximate surface area is 148 Å². The minimum absolute atomic E-state index is 0.0118. The molecule has 1 aromatic carbocycles. The van der Waals surface area contributed by atoms with Gasteiger partial charge in [0.05, 0.1) is 6.54 Å². The number of hydrogen-bond donors (Lipinski definition) is 0. The van der Waals surface area contributed by atoms with E-state index in [1.807, 2.05) is 25.1 Å². The van der Waals surface area contributed by atoms with Gasteiger partial charge in [0.1, 0.15) is 0 Å². The molecule has 0 atom stereocenters. The van der Waals surface area contributed by atoms with Crippen LogP contribution in [0.1, 0.15) is 48.1 Å². The molecule has 1 aromatic heterocycles. The first-order valence-corrected chi connectivity index (χ1v) is 9.01. The van der Waals surface area contributed by atoms with Gasteiger partial charge in [-0.15, -0.1) is 0 Å². The molecule has 2 nitrogen and oxygen atoms in total. The summed E-state index contributed by atoms with van der Waals surface area (Å²) in [5.74, 6) is 14.0. The number of hydrogen-bond acceptors (Lipinski definition) is 1. The maximum Gasteiger partial charge on any atom is 0.252 e. The van der Waals surface area contributed by atoms with E-state index in [4.69, 9.17) is 0 Å². The molecule has 0 bridgehead atoms. The summed E-state index contributed by atoms with van der Waals surface area (Å²) in [7, 11) is 0. The topological polar surface area (TPSA) is 22.0 Å². The summed E-state index contributed by atoms with van der Waals surface area (Å²) in [6, 6.07) is 11.9. The van der Waals surface area contributed by atoms with Gasteiger partial charge in [-0.1, -0.05) is 35.8 Å². The first-order chi connectivity index (χ1) is 12.2. The van der Waals surface area contributed by atoms with Crippen molar-refractivity contribution < 1.29 is 0 Å². The van der Waals surface area contributed by atoms with E-state index in [2.05, 4.69) is 35.8 Å². The Hall–Kier alpha value is -2.71. The van der Waals surface area contributed by atoms with Crippen molar-refractivity contribution >= 4 is 0 Å². The molecular weight excluding hydrogens is 306 g/mol. The van der Waals surface area contributed by atoms with Gasteiger partial charge in [0.25, 0.3) is 5.56 Å². The van der Waals surface area contributed by atoms with Crippen LogP contribution in [0.3, 0.4) is 0 Å². The van der Waals surface area contributed by atoms with Crippen LogP contribution in [-0.2, 0) is 6.54 Å². The maximum atomic E-state index is 12.4. The van der Waals surface area contributed by atoms with Crippen LogP contribution in [0.5, 0.6) is 0 Å². The molecule has 1 heterocycles. The molecule has 2 saturated carbocycles. The van der Waals surface area contributed by atoms with Crippen LogP contribution >= 0.6 is 0 Å². The van der Waals surface area contributed by atoms with Crippen molar-refractivity contribution in [1.82, 2.24) is 4.57 Å². The van der Waals surface area contributed by atoms with E-state index in [0.717, 1.165) is 22.4 Å². The fourth-order valence-electron chi connectivity index (χ4n) is 2.71. The number of rotatable bonds is 2. The van der Waals surface area contributed by atoms with Crippen LogP contribution in [0.15, 0.2) is 41.2 Å². The third-order valence-electron chi connectivity index (χ3n) is 4.63. The van der Waals surface area contributed by atoms with Gasteiger partial charge in [0.2, 0.25) is 0 Å². The van der Waals surface area contributed by atoms with E-state index >= 15 is 0 Å². The van der Waals surface area contributed by atoms with Crippen molar-refractivity contribution in [1.29, 1.82) is 0 Å². The molecule has 2 aromatic rings. The zero-order valence-corrected chi connectivity index (χ0v) is 14.5. The smallest absolute Gasteiger partial charge is 0.252 e. The Kier molecular flexibility index (Phi) is 4.21. The highest BCUT2D eigenvalue weighted by molar-refractivity contribution is 5.38. The second-order valence-electron chi connectivity index (χ2n) is 7.09. The number of benzene rings is 1. The average molecular weight is 327 g/mol. The van der Waals surface area contributed by atoms with Crippen molar-refractivity contribution in [2.45, 2.75) is 39.2 Å². The van der Waals surface area contributed by atoms with Gasteiger partial charge < -0.3 is 4.57 Å². The highest BCUT2D eigenvalue weighted by Gasteiger charge is 2.18. The van der Waals surface area contributed by atoms with Gasteiger partial charge in [0, 0.05) is 34.7 Å². The lowest BCUT2D eigenvalue weighted by Gasteiger charge is -2.10. The summed E-state index contributed by atoms with van der Waals surface area (Å²) >= 11 is 0. The summed E-state index contributed by atoms with van der Waals surface area (Å²) in [6.07, 6.45) is 4.89. The van der Waals surface area contributed by atoms with Crippen molar-refractivity contribution in [3.8, 4) is 23.7 Å². The molecule has 0 amide bonds. The molecule has 2 aliphatic rings. The summed E-state index contributed by atoms with van der Waals surface area (Å²) in [5, 5.41) is 0. The van der Waals surface area contributed by atoms with Crippen LogP contribution in [0, 0.1) is 42.4 Å². The summed E-state index contributed by atoms with van der Waals surface area (Å²) < 4.78 is 1.80. The number of aryl methyl sites for hydroxylation is 1. The van der Waals surface area contributed by atoms with Crippen molar-refractivity contribution in [2.75, 3.05) is 0 Å². The zero-order valence-electron chi connectivity index (χ0n) is 14.5. The molecule has 2 aliphatic carbocycles. The van der Waals surface area contributed by atoms with E-state index < -0.39 is 0 Å². The normalized spacial score (nSPS) is 15.7. The van der Waals surface area contributed by atoms with Gasteiger partial charge in [-0.25, -0.2) is 0 Å². The predicted molar refractivity (Wildman–Crippen MR) is 100 cm³/mol. The van der Waals surface area contributed by atoms with Gasteiger partial charge in [0.15, 0.2) is 0 Å². The lowest BCUT2D eigenvalue weighted by Crippen LogP contribution is -2.22. The standard InChI is InChI=1S/C23H21NO/c1-17-14-22(13-10-19-5-6-19)15-23(25)24(17)16-21-11-8-20(9-12-21)7-4-18-2-3-18/h8-9,11-12,14-15,18-19H,2-3,5-6,16H2,1H3. The lowest BCUT2D eigenvalue weighted by atomic mass is 10.1. The van der Waals surface area contributed by atoms with Gasteiger partial charge in [-0.05, 0) is 56.4 Å². The molecule has 2 heteroatoms. The highest BCUT2D eigenvalue weighted by atomic mass is 16.1. The molecule has 0 unspecified atom stereocenters. The van der Waals surface area contributed by atoms with E-state index in [9.17, 15) is 4.79 Å². The molecule has 25 heavy (non-hydrogen) atoms. The summed E-state index contributed by atoms with van der Waals surface area (Å²) in [4.78, 5) is 12.4. The minimum Gasteiger partial charge on any atom is -0.308 e. The van der Waals surface area contributed by atoms with Crippen LogP contribution in [0.2, 0.25) is 0 Å². The van der Waals surface area contributed by atoms with Crippen molar-refractivity contribution in [3.63, 3.8) is 0 Å². The Bertz CT molecular complexity index is 965. The molecule has 0 aliphatic heterocycles. The second-order valence-corrected chi connectivity index (χ2v) is 7.09. The molecular formula is C23H21NO. The number of nitrogens with zero attached hydrogens (tertiary/aromatic N) is 1. The average Bonchev–Trinajstić information content (AvgIpc) is 3.50.